The number of nitriles is 1. The third-order valence-electron chi connectivity index (χ3n) is 3.42. The van der Waals surface area contributed by atoms with Gasteiger partial charge in [-0.25, -0.2) is 0 Å². The Hall–Kier alpha value is -1.86. The fraction of sp³-hybridized carbons (Fsp3) is 0.333. The molecule has 0 bridgehead atoms. The summed E-state index contributed by atoms with van der Waals surface area (Å²) in [5.41, 5.74) is 0.783. The Labute approximate surface area is 116 Å². The maximum atomic E-state index is 12.6. The lowest BCUT2D eigenvalue weighted by molar-refractivity contribution is 0.0749. The van der Waals surface area contributed by atoms with Gasteiger partial charge in [-0.15, -0.1) is 11.3 Å². The van der Waals surface area contributed by atoms with E-state index >= 15 is 0 Å². The van der Waals surface area contributed by atoms with Gasteiger partial charge in [0.1, 0.15) is 0 Å². The number of amides is 1. The van der Waals surface area contributed by atoms with E-state index in [0.29, 0.717) is 19.0 Å². The second-order valence-electron chi connectivity index (χ2n) is 4.78. The first-order valence-corrected chi connectivity index (χ1v) is 7.33. The Kier molecular flexibility index (Phi) is 3.22. The summed E-state index contributed by atoms with van der Waals surface area (Å²) in [6.45, 7) is 0.546. The molecule has 1 saturated carbocycles. The molecular formula is C15H14N2OS. The Morgan fingerprint density at radius 1 is 1.42 bits per heavy atom. The summed E-state index contributed by atoms with van der Waals surface area (Å²) in [6.07, 6.45) is 2.54. The summed E-state index contributed by atoms with van der Waals surface area (Å²) in [6, 6.07) is 10.5. The molecule has 1 aliphatic rings. The largest absolute Gasteiger partial charge is 0.335 e. The maximum Gasteiger partial charge on any atom is 0.255 e. The van der Waals surface area contributed by atoms with E-state index in [2.05, 4.69) is 6.07 Å². The number of carbonyl (C=O) groups is 1. The molecule has 2 aromatic rings. The smallest absolute Gasteiger partial charge is 0.255 e. The van der Waals surface area contributed by atoms with Crippen LogP contribution in [0.4, 0.5) is 0 Å². The number of fused-ring (bicyclic) bond motifs is 1. The highest BCUT2D eigenvalue weighted by atomic mass is 32.1. The van der Waals surface area contributed by atoms with E-state index in [-0.39, 0.29) is 5.91 Å². The van der Waals surface area contributed by atoms with Crippen LogP contribution < -0.4 is 0 Å². The Bertz CT molecular complexity index is 651. The van der Waals surface area contributed by atoms with Crippen LogP contribution in [0.2, 0.25) is 0 Å². The molecule has 96 valence electrons. The normalized spacial score (nSPS) is 14.3. The van der Waals surface area contributed by atoms with Crippen molar-refractivity contribution in [2.24, 2.45) is 0 Å². The molecule has 4 heteroatoms. The maximum absolute atomic E-state index is 12.6. The van der Waals surface area contributed by atoms with Gasteiger partial charge in [-0.1, -0.05) is 18.2 Å². The van der Waals surface area contributed by atoms with Crippen LogP contribution in [0.25, 0.3) is 10.1 Å². The average Bonchev–Trinajstić information content (AvgIpc) is 3.18. The number of nitrogens with zero attached hydrogens (tertiary/aromatic N) is 2. The predicted octanol–water partition coefficient (Wildman–Crippen LogP) is 3.42. The summed E-state index contributed by atoms with van der Waals surface area (Å²) < 4.78 is 1.14. The molecule has 0 spiro atoms. The number of hydrogen-bond acceptors (Lipinski definition) is 3. The first kappa shape index (κ1) is 12.2. The van der Waals surface area contributed by atoms with Gasteiger partial charge in [0, 0.05) is 28.1 Å². The lowest BCUT2D eigenvalue weighted by Gasteiger charge is -2.20. The molecule has 19 heavy (non-hydrogen) atoms. The molecule has 0 N–H and O–H groups in total. The molecule has 3 nitrogen and oxygen atoms in total. The Balaban J connectivity index is 1.91. The van der Waals surface area contributed by atoms with E-state index in [1.807, 2.05) is 34.5 Å². The fourth-order valence-corrected chi connectivity index (χ4v) is 3.24. The zero-order valence-electron chi connectivity index (χ0n) is 10.5. The van der Waals surface area contributed by atoms with Crippen molar-refractivity contribution in [3.63, 3.8) is 0 Å². The van der Waals surface area contributed by atoms with E-state index in [9.17, 15) is 4.79 Å². The number of thiophene rings is 1. The highest BCUT2D eigenvalue weighted by Gasteiger charge is 2.33. The van der Waals surface area contributed by atoms with Crippen LogP contribution in [-0.2, 0) is 0 Å². The van der Waals surface area contributed by atoms with Crippen molar-refractivity contribution >= 4 is 27.3 Å². The second kappa shape index (κ2) is 5.02. The summed E-state index contributed by atoms with van der Waals surface area (Å²) in [7, 11) is 0. The van der Waals surface area contributed by atoms with Crippen LogP contribution >= 0.6 is 11.3 Å². The van der Waals surface area contributed by atoms with Gasteiger partial charge in [-0.2, -0.15) is 5.26 Å². The van der Waals surface area contributed by atoms with E-state index in [0.717, 1.165) is 28.5 Å². The SMILES string of the molecule is N#CCCN(C(=O)c1csc2ccccc12)C1CC1. The van der Waals surface area contributed by atoms with Crippen LogP contribution in [0.15, 0.2) is 29.6 Å². The number of hydrogen-bond donors (Lipinski definition) is 0. The van der Waals surface area contributed by atoms with Crippen LogP contribution in [-0.4, -0.2) is 23.4 Å². The van der Waals surface area contributed by atoms with Crippen molar-refractivity contribution < 1.29 is 4.79 Å². The lowest BCUT2D eigenvalue weighted by Crippen LogP contribution is -2.33. The highest BCUT2D eigenvalue weighted by molar-refractivity contribution is 7.17. The van der Waals surface area contributed by atoms with E-state index in [1.54, 1.807) is 11.3 Å². The highest BCUT2D eigenvalue weighted by Crippen LogP contribution is 2.32. The van der Waals surface area contributed by atoms with Gasteiger partial charge in [-0.3, -0.25) is 4.79 Å². The van der Waals surface area contributed by atoms with Crippen molar-refractivity contribution in [3.8, 4) is 6.07 Å². The molecule has 3 rings (SSSR count). The molecule has 0 unspecified atom stereocenters. The number of rotatable bonds is 4. The number of carbonyl (C=O) groups excluding carboxylic acids is 1. The van der Waals surface area contributed by atoms with Crippen LogP contribution in [0.3, 0.4) is 0 Å². The third-order valence-corrected chi connectivity index (χ3v) is 4.39. The molecule has 0 radical (unpaired) electrons. The van der Waals surface area contributed by atoms with Crippen molar-refractivity contribution in [2.75, 3.05) is 6.54 Å². The van der Waals surface area contributed by atoms with Crippen molar-refractivity contribution in [2.45, 2.75) is 25.3 Å². The van der Waals surface area contributed by atoms with Crippen LogP contribution in [0.5, 0.6) is 0 Å². The molecule has 0 atom stereocenters. The predicted molar refractivity (Wildman–Crippen MR) is 76.1 cm³/mol. The standard InChI is InChI=1S/C15H14N2OS/c16-8-3-9-17(11-6-7-11)15(18)13-10-19-14-5-2-1-4-12(13)14/h1-2,4-5,10-11H,3,6-7,9H2. The molecule has 1 heterocycles. The third kappa shape index (κ3) is 2.34. The summed E-state index contributed by atoms with van der Waals surface area (Å²) in [5, 5.41) is 11.7. The first-order chi connectivity index (χ1) is 9.31. The van der Waals surface area contributed by atoms with Gasteiger partial charge >= 0.3 is 0 Å². The van der Waals surface area contributed by atoms with Gasteiger partial charge < -0.3 is 4.90 Å². The average molecular weight is 270 g/mol. The van der Waals surface area contributed by atoms with Crippen LogP contribution in [0.1, 0.15) is 29.6 Å². The van der Waals surface area contributed by atoms with Crippen molar-refractivity contribution in [1.29, 1.82) is 5.26 Å². The monoisotopic (exact) mass is 270 g/mol. The van der Waals surface area contributed by atoms with Gasteiger partial charge in [0.15, 0.2) is 0 Å². The lowest BCUT2D eigenvalue weighted by atomic mass is 10.1. The fourth-order valence-electron chi connectivity index (χ4n) is 2.30. The Morgan fingerprint density at radius 3 is 2.95 bits per heavy atom. The number of benzene rings is 1. The molecule has 1 aromatic carbocycles. The van der Waals surface area contributed by atoms with E-state index in [1.165, 1.54) is 0 Å². The molecule has 1 aliphatic carbocycles. The van der Waals surface area contributed by atoms with Gasteiger partial charge in [-0.05, 0) is 18.9 Å². The molecule has 0 aliphatic heterocycles. The minimum atomic E-state index is 0.0789. The molecule has 1 fully saturated rings. The summed E-state index contributed by atoms with van der Waals surface area (Å²) in [4.78, 5) is 14.5. The Morgan fingerprint density at radius 2 is 2.21 bits per heavy atom. The van der Waals surface area contributed by atoms with Crippen LogP contribution in [0, 0.1) is 11.3 Å². The van der Waals surface area contributed by atoms with E-state index in [4.69, 9.17) is 5.26 Å². The minimum absolute atomic E-state index is 0.0789. The molecular weight excluding hydrogens is 256 g/mol. The van der Waals surface area contributed by atoms with Crippen molar-refractivity contribution in [3.05, 3.63) is 35.2 Å². The van der Waals surface area contributed by atoms with Gasteiger partial charge in [0.2, 0.25) is 0 Å². The molecule has 0 saturated heterocycles. The second-order valence-corrected chi connectivity index (χ2v) is 5.69. The molecule has 1 amide bonds. The van der Waals surface area contributed by atoms with E-state index < -0.39 is 0 Å². The topological polar surface area (TPSA) is 44.1 Å². The quantitative estimate of drug-likeness (QED) is 0.854. The minimum Gasteiger partial charge on any atom is -0.335 e. The van der Waals surface area contributed by atoms with Crippen molar-refractivity contribution in [1.82, 2.24) is 4.90 Å². The summed E-state index contributed by atoms with van der Waals surface area (Å²) in [5.74, 6) is 0.0789. The van der Waals surface area contributed by atoms with Gasteiger partial charge in [0.05, 0.1) is 18.1 Å². The zero-order chi connectivity index (χ0) is 13.2. The summed E-state index contributed by atoms with van der Waals surface area (Å²) >= 11 is 1.60. The first-order valence-electron chi connectivity index (χ1n) is 6.45. The zero-order valence-corrected chi connectivity index (χ0v) is 11.3. The molecule has 1 aromatic heterocycles. The van der Waals surface area contributed by atoms with Gasteiger partial charge in [0.25, 0.3) is 5.91 Å².